The normalized spacial score (nSPS) is 33.3. The fourth-order valence-corrected chi connectivity index (χ4v) is 1.44. The minimum absolute atomic E-state index is 0.103. The van der Waals surface area contributed by atoms with Crippen molar-refractivity contribution in [2.45, 2.75) is 19.4 Å². The summed E-state index contributed by atoms with van der Waals surface area (Å²) in [5.41, 5.74) is 0. The minimum Gasteiger partial charge on any atom is -0.463 e. The minimum atomic E-state index is 0.103. The zero-order valence-electron chi connectivity index (χ0n) is 7.12. The number of piperidine rings is 1. The van der Waals surface area contributed by atoms with Crippen molar-refractivity contribution in [1.82, 2.24) is 4.90 Å². The highest BCUT2D eigenvalue weighted by Gasteiger charge is 2.24. The summed E-state index contributed by atoms with van der Waals surface area (Å²) in [6.45, 7) is 4.67. The first kappa shape index (κ1) is 8.53. The molecule has 0 bridgehead atoms. The van der Waals surface area contributed by atoms with Crippen LogP contribution < -0.4 is 0 Å². The van der Waals surface area contributed by atoms with Crippen LogP contribution >= 0.6 is 0 Å². The molecule has 1 aliphatic rings. The Morgan fingerprint density at radius 1 is 1.64 bits per heavy atom. The van der Waals surface area contributed by atoms with Crippen LogP contribution in [0.3, 0.4) is 0 Å². The van der Waals surface area contributed by atoms with Crippen LogP contribution in [-0.4, -0.2) is 37.6 Å². The van der Waals surface area contributed by atoms with Crippen LogP contribution in [0.15, 0.2) is 0 Å². The fraction of sp³-hybridized carbons (Fsp3) is 0.875. The van der Waals surface area contributed by atoms with Crippen LogP contribution in [0.25, 0.3) is 0 Å². The SMILES string of the molecule is CC1CCN(C)CC1OC=O. The lowest BCUT2D eigenvalue weighted by atomic mass is 9.96. The molecule has 2 atom stereocenters. The van der Waals surface area contributed by atoms with Gasteiger partial charge in [-0.3, -0.25) is 4.79 Å². The van der Waals surface area contributed by atoms with Crippen molar-refractivity contribution in [3.63, 3.8) is 0 Å². The summed E-state index contributed by atoms with van der Waals surface area (Å²) in [4.78, 5) is 12.3. The van der Waals surface area contributed by atoms with E-state index in [1.54, 1.807) is 0 Å². The molecule has 11 heavy (non-hydrogen) atoms. The average Bonchev–Trinajstić information content (AvgIpc) is 1.98. The highest BCUT2D eigenvalue weighted by Crippen LogP contribution is 2.17. The van der Waals surface area contributed by atoms with Crippen LogP contribution in [-0.2, 0) is 9.53 Å². The number of hydrogen-bond acceptors (Lipinski definition) is 3. The van der Waals surface area contributed by atoms with Gasteiger partial charge in [-0.1, -0.05) is 6.92 Å². The Bertz CT molecular complexity index is 138. The first-order chi connectivity index (χ1) is 5.24. The van der Waals surface area contributed by atoms with E-state index >= 15 is 0 Å². The number of rotatable bonds is 2. The van der Waals surface area contributed by atoms with Gasteiger partial charge in [-0.25, -0.2) is 0 Å². The highest BCUT2D eigenvalue weighted by molar-refractivity contribution is 5.37. The number of carbonyl (C=O) groups excluding carboxylic acids is 1. The van der Waals surface area contributed by atoms with Gasteiger partial charge in [0.1, 0.15) is 6.10 Å². The second-order valence-corrected chi connectivity index (χ2v) is 3.30. The Morgan fingerprint density at radius 2 is 2.36 bits per heavy atom. The van der Waals surface area contributed by atoms with Crippen molar-refractivity contribution in [3.05, 3.63) is 0 Å². The number of likely N-dealkylation sites (tertiary alicyclic amines) is 1. The quantitative estimate of drug-likeness (QED) is 0.547. The van der Waals surface area contributed by atoms with Crippen molar-refractivity contribution < 1.29 is 9.53 Å². The van der Waals surface area contributed by atoms with Crippen LogP contribution in [0.2, 0.25) is 0 Å². The molecule has 3 heteroatoms. The third-order valence-electron chi connectivity index (χ3n) is 2.32. The van der Waals surface area contributed by atoms with Crippen LogP contribution in [0.4, 0.5) is 0 Å². The molecule has 0 N–H and O–H groups in total. The molecule has 3 nitrogen and oxygen atoms in total. The molecule has 1 saturated heterocycles. The molecule has 0 radical (unpaired) electrons. The summed E-state index contributed by atoms with van der Waals surface area (Å²) >= 11 is 0. The standard InChI is InChI=1S/C8H15NO2/c1-7-3-4-9(2)5-8(7)11-6-10/h6-8H,3-5H2,1-2H3. The van der Waals surface area contributed by atoms with E-state index in [2.05, 4.69) is 11.8 Å². The molecule has 0 aromatic heterocycles. The van der Waals surface area contributed by atoms with Gasteiger partial charge in [0, 0.05) is 6.54 Å². The first-order valence-corrected chi connectivity index (χ1v) is 4.01. The number of ether oxygens (including phenoxy) is 1. The van der Waals surface area contributed by atoms with Gasteiger partial charge in [0.2, 0.25) is 0 Å². The second kappa shape index (κ2) is 3.72. The number of nitrogens with zero attached hydrogens (tertiary/aromatic N) is 1. The fourth-order valence-electron chi connectivity index (χ4n) is 1.44. The molecule has 1 fully saturated rings. The maximum atomic E-state index is 10.1. The van der Waals surface area contributed by atoms with Crippen molar-refractivity contribution in [2.24, 2.45) is 5.92 Å². The smallest absolute Gasteiger partial charge is 0.293 e. The van der Waals surface area contributed by atoms with E-state index in [9.17, 15) is 4.79 Å². The molecule has 0 aromatic carbocycles. The Morgan fingerprint density at radius 3 is 3.00 bits per heavy atom. The van der Waals surface area contributed by atoms with Crippen LogP contribution in [0.5, 0.6) is 0 Å². The van der Waals surface area contributed by atoms with Gasteiger partial charge in [-0.05, 0) is 25.9 Å². The highest BCUT2D eigenvalue weighted by atomic mass is 16.5. The van der Waals surface area contributed by atoms with E-state index in [1.165, 1.54) is 0 Å². The predicted octanol–water partition coefficient (Wildman–Crippen LogP) is 0.500. The molecular formula is C8H15NO2. The molecule has 0 aliphatic carbocycles. The molecule has 2 unspecified atom stereocenters. The average molecular weight is 157 g/mol. The summed E-state index contributed by atoms with van der Waals surface area (Å²) in [7, 11) is 2.05. The number of hydrogen-bond donors (Lipinski definition) is 0. The lowest BCUT2D eigenvalue weighted by Gasteiger charge is -2.33. The van der Waals surface area contributed by atoms with Gasteiger partial charge in [0.25, 0.3) is 6.47 Å². The maximum absolute atomic E-state index is 10.1. The molecule has 0 saturated carbocycles. The topological polar surface area (TPSA) is 29.5 Å². The lowest BCUT2D eigenvalue weighted by molar-refractivity contribution is -0.138. The molecule has 0 amide bonds. The van der Waals surface area contributed by atoms with E-state index < -0.39 is 0 Å². The predicted molar refractivity (Wildman–Crippen MR) is 42.2 cm³/mol. The monoisotopic (exact) mass is 157 g/mol. The summed E-state index contributed by atoms with van der Waals surface area (Å²) in [5, 5.41) is 0. The Kier molecular flexibility index (Phi) is 2.88. The molecule has 0 spiro atoms. The molecule has 64 valence electrons. The molecule has 1 rings (SSSR count). The van der Waals surface area contributed by atoms with Gasteiger partial charge in [-0.15, -0.1) is 0 Å². The number of likely N-dealkylation sites (N-methyl/N-ethyl adjacent to an activating group) is 1. The molecule has 0 aromatic rings. The third kappa shape index (κ3) is 2.19. The van der Waals surface area contributed by atoms with Gasteiger partial charge in [0.05, 0.1) is 0 Å². The van der Waals surface area contributed by atoms with E-state index in [4.69, 9.17) is 4.74 Å². The van der Waals surface area contributed by atoms with Crippen LogP contribution in [0, 0.1) is 5.92 Å². The molecular weight excluding hydrogens is 142 g/mol. The van der Waals surface area contributed by atoms with E-state index in [-0.39, 0.29) is 6.10 Å². The van der Waals surface area contributed by atoms with Crippen molar-refractivity contribution >= 4 is 6.47 Å². The zero-order chi connectivity index (χ0) is 8.27. The summed E-state index contributed by atoms with van der Waals surface area (Å²) in [6, 6.07) is 0. The molecule has 1 heterocycles. The Hall–Kier alpha value is -0.570. The number of carbonyl (C=O) groups is 1. The third-order valence-corrected chi connectivity index (χ3v) is 2.32. The largest absolute Gasteiger partial charge is 0.463 e. The van der Waals surface area contributed by atoms with Gasteiger partial charge < -0.3 is 9.64 Å². The van der Waals surface area contributed by atoms with Crippen molar-refractivity contribution in [1.29, 1.82) is 0 Å². The maximum Gasteiger partial charge on any atom is 0.293 e. The lowest BCUT2D eigenvalue weighted by Crippen LogP contribution is -2.41. The second-order valence-electron chi connectivity index (χ2n) is 3.30. The summed E-state index contributed by atoms with van der Waals surface area (Å²) in [6.07, 6.45) is 1.22. The first-order valence-electron chi connectivity index (χ1n) is 4.01. The van der Waals surface area contributed by atoms with Crippen molar-refractivity contribution in [3.8, 4) is 0 Å². The van der Waals surface area contributed by atoms with Crippen molar-refractivity contribution in [2.75, 3.05) is 20.1 Å². The van der Waals surface area contributed by atoms with E-state index in [0.717, 1.165) is 19.5 Å². The van der Waals surface area contributed by atoms with Crippen LogP contribution in [0.1, 0.15) is 13.3 Å². The zero-order valence-corrected chi connectivity index (χ0v) is 7.12. The summed E-state index contributed by atoms with van der Waals surface area (Å²) in [5.74, 6) is 0.511. The Balaban J connectivity index is 2.40. The van der Waals surface area contributed by atoms with Gasteiger partial charge in [0.15, 0.2) is 0 Å². The summed E-state index contributed by atoms with van der Waals surface area (Å²) < 4.78 is 4.94. The van der Waals surface area contributed by atoms with Gasteiger partial charge >= 0.3 is 0 Å². The van der Waals surface area contributed by atoms with E-state index in [0.29, 0.717) is 12.4 Å². The van der Waals surface area contributed by atoms with E-state index in [1.807, 2.05) is 7.05 Å². The van der Waals surface area contributed by atoms with Gasteiger partial charge in [-0.2, -0.15) is 0 Å². The molecule has 1 aliphatic heterocycles. The Labute approximate surface area is 67.3 Å².